The van der Waals surface area contributed by atoms with E-state index < -0.39 is 5.97 Å². The van der Waals surface area contributed by atoms with Crippen LogP contribution in [0.15, 0.2) is 39.9 Å². The second kappa shape index (κ2) is 5.91. The van der Waals surface area contributed by atoms with E-state index in [9.17, 15) is 4.79 Å². The van der Waals surface area contributed by atoms with Gasteiger partial charge in [-0.1, -0.05) is 34.4 Å². The molecule has 0 fully saturated rings. The van der Waals surface area contributed by atoms with Crippen LogP contribution >= 0.6 is 23.2 Å². The molecule has 0 radical (unpaired) electrons. The van der Waals surface area contributed by atoms with E-state index >= 15 is 0 Å². The number of oxime groups is 1. The molecule has 0 saturated heterocycles. The SMILES string of the molecule is CC(=O)O/N=C\c1ccc(-c2cccc(Cl)c2Cl)o1. The van der Waals surface area contributed by atoms with Crippen molar-refractivity contribution in [3.8, 4) is 11.3 Å². The normalized spacial score (nSPS) is 10.9. The molecule has 98 valence electrons. The number of furan rings is 1. The van der Waals surface area contributed by atoms with Crippen molar-refractivity contribution in [2.24, 2.45) is 5.16 Å². The van der Waals surface area contributed by atoms with Crippen molar-refractivity contribution in [3.63, 3.8) is 0 Å². The molecule has 19 heavy (non-hydrogen) atoms. The lowest BCUT2D eigenvalue weighted by Gasteiger charge is -2.01. The molecule has 0 aliphatic heterocycles. The summed E-state index contributed by atoms with van der Waals surface area (Å²) in [4.78, 5) is 15.0. The van der Waals surface area contributed by atoms with Gasteiger partial charge in [0.15, 0.2) is 0 Å². The second-order valence-corrected chi connectivity index (χ2v) is 4.41. The number of halogens is 2. The Balaban J connectivity index is 2.23. The molecule has 0 amide bonds. The maximum Gasteiger partial charge on any atom is 0.331 e. The highest BCUT2D eigenvalue weighted by molar-refractivity contribution is 6.43. The summed E-state index contributed by atoms with van der Waals surface area (Å²) in [5.74, 6) is 0.491. The van der Waals surface area contributed by atoms with Gasteiger partial charge in [-0.2, -0.15) is 0 Å². The monoisotopic (exact) mass is 297 g/mol. The summed E-state index contributed by atoms with van der Waals surface area (Å²) >= 11 is 12.0. The van der Waals surface area contributed by atoms with Crippen molar-refractivity contribution in [1.82, 2.24) is 0 Å². The zero-order valence-electron chi connectivity index (χ0n) is 9.89. The van der Waals surface area contributed by atoms with Crippen molar-refractivity contribution in [1.29, 1.82) is 0 Å². The maximum atomic E-state index is 10.5. The standard InChI is InChI=1S/C13H9Cl2NO3/c1-8(17)19-16-7-9-5-6-12(18-9)10-3-2-4-11(14)13(10)15/h2-7H,1H3/b16-7-. The molecule has 0 saturated carbocycles. The number of carbonyl (C=O) groups excluding carboxylic acids is 1. The Bertz CT molecular complexity index is 635. The topological polar surface area (TPSA) is 51.8 Å². The van der Waals surface area contributed by atoms with Crippen LogP contribution < -0.4 is 0 Å². The van der Waals surface area contributed by atoms with Gasteiger partial charge in [0.2, 0.25) is 0 Å². The van der Waals surface area contributed by atoms with E-state index in [1.165, 1.54) is 13.1 Å². The Morgan fingerprint density at radius 2 is 2.11 bits per heavy atom. The van der Waals surface area contributed by atoms with E-state index in [-0.39, 0.29) is 0 Å². The molecule has 1 aromatic heterocycles. The van der Waals surface area contributed by atoms with Gasteiger partial charge in [0, 0.05) is 12.5 Å². The molecule has 2 aromatic rings. The Labute approximate surface area is 119 Å². The van der Waals surface area contributed by atoms with E-state index in [1.54, 1.807) is 30.3 Å². The predicted octanol–water partition coefficient (Wildman–Crippen LogP) is 4.15. The van der Waals surface area contributed by atoms with Gasteiger partial charge in [-0.3, -0.25) is 0 Å². The summed E-state index contributed by atoms with van der Waals surface area (Å²) in [6, 6.07) is 8.67. The zero-order valence-corrected chi connectivity index (χ0v) is 11.4. The van der Waals surface area contributed by atoms with Gasteiger partial charge in [0.25, 0.3) is 0 Å². The minimum absolute atomic E-state index is 0.419. The Morgan fingerprint density at radius 3 is 2.84 bits per heavy atom. The molecule has 6 heteroatoms. The van der Waals surface area contributed by atoms with E-state index in [0.29, 0.717) is 27.1 Å². The molecular weight excluding hydrogens is 289 g/mol. The third kappa shape index (κ3) is 3.36. The van der Waals surface area contributed by atoms with Gasteiger partial charge >= 0.3 is 5.97 Å². The van der Waals surface area contributed by atoms with Gasteiger partial charge in [-0.25, -0.2) is 4.79 Å². The lowest BCUT2D eigenvalue weighted by Crippen LogP contribution is -1.90. The van der Waals surface area contributed by atoms with Crippen LogP contribution in [0.5, 0.6) is 0 Å². The largest absolute Gasteiger partial charge is 0.455 e. The molecule has 0 bridgehead atoms. The molecular formula is C13H9Cl2NO3. The summed E-state index contributed by atoms with van der Waals surface area (Å²) in [5.41, 5.74) is 0.682. The zero-order chi connectivity index (χ0) is 13.8. The molecule has 0 aliphatic carbocycles. The number of carbonyl (C=O) groups is 1. The van der Waals surface area contributed by atoms with Crippen LogP contribution in [0.25, 0.3) is 11.3 Å². The van der Waals surface area contributed by atoms with Gasteiger partial charge in [-0.15, -0.1) is 0 Å². The highest BCUT2D eigenvalue weighted by Crippen LogP contribution is 2.34. The first-order chi connectivity index (χ1) is 9.08. The van der Waals surface area contributed by atoms with Gasteiger partial charge in [0.05, 0.1) is 10.0 Å². The number of rotatable bonds is 3. The first-order valence-electron chi connectivity index (χ1n) is 5.33. The third-order valence-electron chi connectivity index (χ3n) is 2.21. The third-order valence-corrected chi connectivity index (χ3v) is 3.02. The number of benzene rings is 1. The maximum absolute atomic E-state index is 10.5. The molecule has 0 unspecified atom stereocenters. The molecule has 0 N–H and O–H groups in total. The first-order valence-corrected chi connectivity index (χ1v) is 6.08. The Kier molecular flexibility index (Phi) is 4.24. The molecule has 0 atom stereocenters. The van der Waals surface area contributed by atoms with Crippen LogP contribution in [0.4, 0.5) is 0 Å². The highest BCUT2D eigenvalue weighted by atomic mass is 35.5. The van der Waals surface area contributed by atoms with Crippen molar-refractivity contribution in [2.45, 2.75) is 6.92 Å². The predicted molar refractivity (Wildman–Crippen MR) is 73.5 cm³/mol. The highest BCUT2D eigenvalue weighted by Gasteiger charge is 2.10. The van der Waals surface area contributed by atoms with E-state index in [2.05, 4.69) is 9.99 Å². The minimum Gasteiger partial charge on any atom is -0.455 e. The van der Waals surface area contributed by atoms with E-state index in [1.807, 2.05) is 0 Å². The fourth-order valence-corrected chi connectivity index (χ4v) is 1.81. The molecule has 4 nitrogen and oxygen atoms in total. The average Bonchev–Trinajstić information content (AvgIpc) is 2.81. The van der Waals surface area contributed by atoms with Crippen LogP contribution in [-0.2, 0) is 9.63 Å². The minimum atomic E-state index is -0.499. The Hall–Kier alpha value is -1.78. The number of hydrogen-bond donors (Lipinski definition) is 0. The number of hydrogen-bond acceptors (Lipinski definition) is 4. The molecule has 1 aromatic carbocycles. The molecule has 0 aliphatic rings. The van der Waals surface area contributed by atoms with Crippen LogP contribution in [0, 0.1) is 0 Å². The summed E-state index contributed by atoms with van der Waals surface area (Å²) in [6.45, 7) is 1.26. The van der Waals surface area contributed by atoms with Crippen LogP contribution in [0.2, 0.25) is 10.0 Å². The summed E-state index contributed by atoms with van der Waals surface area (Å²) in [6.07, 6.45) is 1.29. The summed E-state index contributed by atoms with van der Waals surface area (Å²) < 4.78 is 5.50. The smallest absolute Gasteiger partial charge is 0.331 e. The van der Waals surface area contributed by atoms with Crippen molar-refractivity contribution >= 4 is 35.4 Å². The van der Waals surface area contributed by atoms with Crippen molar-refractivity contribution in [3.05, 3.63) is 46.1 Å². The van der Waals surface area contributed by atoms with Crippen molar-refractivity contribution in [2.75, 3.05) is 0 Å². The lowest BCUT2D eigenvalue weighted by atomic mass is 10.2. The fourth-order valence-electron chi connectivity index (χ4n) is 1.41. The Morgan fingerprint density at radius 1 is 1.32 bits per heavy atom. The average molecular weight is 298 g/mol. The van der Waals surface area contributed by atoms with Gasteiger partial charge < -0.3 is 9.25 Å². The summed E-state index contributed by atoms with van der Waals surface area (Å²) in [7, 11) is 0. The second-order valence-electron chi connectivity index (χ2n) is 3.62. The quantitative estimate of drug-likeness (QED) is 0.486. The van der Waals surface area contributed by atoms with E-state index in [0.717, 1.165) is 0 Å². The van der Waals surface area contributed by atoms with Crippen LogP contribution in [0.3, 0.4) is 0 Å². The summed E-state index contributed by atoms with van der Waals surface area (Å²) in [5, 5.41) is 4.33. The van der Waals surface area contributed by atoms with Crippen LogP contribution in [0.1, 0.15) is 12.7 Å². The molecule has 2 rings (SSSR count). The van der Waals surface area contributed by atoms with Crippen LogP contribution in [-0.4, -0.2) is 12.2 Å². The molecule has 1 heterocycles. The number of nitrogens with zero attached hydrogens (tertiary/aromatic N) is 1. The van der Waals surface area contributed by atoms with E-state index in [4.69, 9.17) is 27.6 Å². The fraction of sp³-hybridized carbons (Fsp3) is 0.0769. The first kappa shape index (κ1) is 13.6. The molecule has 0 spiro atoms. The van der Waals surface area contributed by atoms with Crippen molar-refractivity contribution < 1.29 is 14.0 Å². The van der Waals surface area contributed by atoms with Gasteiger partial charge in [-0.05, 0) is 24.3 Å². The lowest BCUT2D eigenvalue weighted by molar-refractivity contribution is -0.140. The van der Waals surface area contributed by atoms with Gasteiger partial charge in [0.1, 0.15) is 17.7 Å².